The molecule has 0 aliphatic heterocycles. The summed E-state index contributed by atoms with van der Waals surface area (Å²) in [6, 6.07) is -1.54. The van der Waals surface area contributed by atoms with Gasteiger partial charge in [0, 0.05) is 0 Å². The molecule has 0 heterocycles. The van der Waals surface area contributed by atoms with Crippen LogP contribution in [0, 0.1) is 0 Å². The van der Waals surface area contributed by atoms with Crippen molar-refractivity contribution in [1.82, 2.24) is 42.5 Å². The van der Waals surface area contributed by atoms with E-state index in [1.54, 1.807) is 0 Å². The summed E-state index contributed by atoms with van der Waals surface area (Å²) in [4.78, 5) is 103. The minimum Gasteiger partial charge on any atom is -0.480 e. The van der Waals surface area contributed by atoms with E-state index in [9.17, 15) is 43.2 Å². The molecule has 20 nitrogen and oxygen atoms in total. The first-order chi connectivity index (χ1) is 18.4. The van der Waals surface area contributed by atoms with E-state index in [-0.39, 0.29) is 13.1 Å². The number of aliphatic hydroxyl groups excluding tert-OH is 1. The lowest BCUT2D eigenvalue weighted by atomic mass is 10.3. The molecule has 0 saturated heterocycles. The van der Waals surface area contributed by atoms with Crippen molar-refractivity contribution in [1.29, 1.82) is 0 Å². The molecule has 1 atom stereocenters. The van der Waals surface area contributed by atoms with Crippen LogP contribution in [0.25, 0.3) is 0 Å². The number of carboxylic acids is 1. The standard InChI is InChI=1S/C19H31N9O11/c20-1-11(30)21-2-12(31)22-3-13(32)23-4-14(33)24-5-15(34)25-6-16(35)26-7-17(36)27-8-18(37)28-10(9-29)19(38)39/h10,29H,1-9,20H2,(H,21,30)(H,22,31)(H,23,32)(H,24,33)(H,25,34)(H,26,35)(H,27,36)(H,28,37)(H,38,39)/t10-/m0/s1. The lowest BCUT2D eigenvalue weighted by Crippen LogP contribution is -2.49. The van der Waals surface area contributed by atoms with Gasteiger partial charge in [-0.25, -0.2) is 4.79 Å². The van der Waals surface area contributed by atoms with E-state index in [2.05, 4.69) is 37.2 Å². The highest BCUT2D eigenvalue weighted by molar-refractivity contribution is 5.93. The van der Waals surface area contributed by atoms with Crippen molar-refractivity contribution in [2.45, 2.75) is 6.04 Å². The first-order valence-corrected chi connectivity index (χ1v) is 11.1. The Morgan fingerprint density at radius 3 is 0.974 bits per heavy atom. The van der Waals surface area contributed by atoms with E-state index in [1.165, 1.54) is 0 Å². The van der Waals surface area contributed by atoms with Crippen LogP contribution in [0.3, 0.4) is 0 Å². The van der Waals surface area contributed by atoms with Crippen molar-refractivity contribution < 1.29 is 53.4 Å². The van der Waals surface area contributed by atoms with Gasteiger partial charge in [-0.2, -0.15) is 0 Å². The van der Waals surface area contributed by atoms with Crippen LogP contribution in [0.4, 0.5) is 0 Å². The second kappa shape index (κ2) is 19.3. The van der Waals surface area contributed by atoms with Crippen molar-refractivity contribution >= 4 is 53.2 Å². The van der Waals surface area contributed by atoms with Gasteiger partial charge in [0.25, 0.3) is 0 Å². The second-order valence-corrected chi connectivity index (χ2v) is 7.28. The van der Waals surface area contributed by atoms with Crippen molar-refractivity contribution in [2.24, 2.45) is 5.73 Å². The summed E-state index contributed by atoms with van der Waals surface area (Å²) < 4.78 is 0. The van der Waals surface area contributed by atoms with Gasteiger partial charge in [-0.1, -0.05) is 0 Å². The average Bonchev–Trinajstić information content (AvgIpc) is 2.91. The number of carbonyl (C=O) groups excluding carboxylic acids is 8. The molecular weight excluding hydrogens is 530 g/mol. The Balaban J connectivity index is 4.00. The SMILES string of the molecule is NCC(=O)NCC(=O)NCC(=O)NCC(=O)NCC(=O)NCC(=O)NCC(=O)NCC(=O)N[C@@H](CO)C(=O)O. The van der Waals surface area contributed by atoms with Crippen LogP contribution in [0.1, 0.15) is 0 Å². The van der Waals surface area contributed by atoms with Crippen molar-refractivity contribution in [2.75, 3.05) is 59.0 Å². The number of nitrogens with two attached hydrogens (primary N) is 1. The molecule has 39 heavy (non-hydrogen) atoms. The van der Waals surface area contributed by atoms with Gasteiger partial charge in [-0.05, 0) is 0 Å². The summed E-state index contributed by atoms with van der Waals surface area (Å²) in [5.74, 6) is -7.39. The van der Waals surface area contributed by atoms with Crippen LogP contribution in [0.15, 0.2) is 0 Å². The largest absolute Gasteiger partial charge is 0.480 e. The Morgan fingerprint density at radius 1 is 0.487 bits per heavy atom. The number of amides is 8. The third kappa shape index (κ3) is 18.1. The van der Waals surface area contributed by atoms with Crippen molar-refractivity contribution in [3.8, 4) is 0 Å². The van der Waals surface area contributed by atoms with Gasteiger partial charge in [0.2, 0.25) is 47.3 Å². The molecule has 20 heteroatoms. The summed E-state index contributed by atoms with van der Waals surface area (Å²) in [7, 11) is 0. The lowest BCUT2D eigenvalue weighted by Gasteiger charge is -2.12. The second-order valence-electron chi connectivity index (χ2n) is 7.28. The first-order valence-electron chi connectivity index (χ1n) is 11.1. The normalized spacial score (nSPS) is 10.6. The van der Waals surface area contributed by atoms with E-state index in [0.29, 0.717) is 0 Å². The van der Waals surface area contributed by atoms with Crippen LogP contribution >= 0.6 is 0 Å². The van der Waals surface area contributed by atoms with Crippen LogP contribution in [-0.2, 0) is 43.2 Å². The fourth-order valence-electron chi connectivity index (χ4n) is 2.13. The maximum absolute atomic E-state index is 11.7. The molecule has 0 unspecified atom stereocenters. The highest BCUT2D eigenvalue weighted by Crippen LogP contribution is 1.82. The maximum atomic E-state index is 11.7. The molecule has 0 aromatic heterocycles. The molecule has 0 aromatic rings. The average molecular weight is 562 g/mol. The molecular formula is C19H31N9O11. The highest BCUT2D eigenvalue weighted by Gasteiger charge is 2.19. The van der Waals surface area contributed by atoms with Crippen LogP contribution < -0.4 is 48.3 Å². The van der Waals surface area contributed by atoms with Gasteiger partial charge >= 0.3 is 5.97 Å². The zero-order valence-electron chi connectivity index (χ0n) is 20.6. The Hall–Kier alpha value is -4.85. The van der Waals surface area contributed by atoms with Crippen molar-refractivity contribution in [3.05, 3.63) is 0 Å². The molecule has 0 fully saturated rings. The molecule has 0 aromatic carbocycles. The molecule has 218 valence electrons. The van der Waals surface area contributed by atoms with Gasteiger partial charge in [-0.15, -0.1) is 0 Å². The van der Waals surface area contributed by atoms with Crippen LogP contribution in [0.2, 0.25) is 0 Å². The van der Waals surface area contributed by atoms with E-state index >= 15 is 0 Å². The van der Waals surface area contributed by atoms with E-state index in [0.717, 1.165) is 0 Å². The summed E-state index contributed by atoms with van der Waals surface area (Å²) in [6.45, 7) is -4.80. The van der Waals surface area contributed by atoms with Crippen LogP contribution in [-0.4, -0.2) is 128 Å². The molecule has 0 rings (SSSR count). The Morgan fingerprint density at radius 2 is 0.744 bits per heavy atom. The van der Waals surface area contributed by atoms with E-state index in [4.69, 9.17) is 15.9 Å². The Kier molecular flexibility index (Phi) is 16.9. The van der Waals surface area contributed by atoms with Gasteiger partial charge in [0.05, 0.1) is 59.0 Å². The third-order valence-corrected chi connectivity index (χ3v) is 4.12. The molecule has 0 bridgehead atoms. The molecule has 0 aliphatic carbocycles. The van der Waals surface area contributed by atoms with E-state index in [1.807, 2.05) is 5.32 Å². The number of hydrogen-bond acceptors (Lipinski definition) is 11. The van der Waals surface area contributed by atoms with Gasteiger partial charge < -0.3 is 58.5 Å². The highest BCUT2D eigenvalue weighted by atomic mass is 16.4. The van der Waals surface area contributed by atoms with Crippen LogP contribution in [0.5, 0.6) is 0 Å². The number of rotatable bonds is 18. The third-order valence-electron chi connectivity index (χ3n) is 4.12. The number of nitrogens with one attached hydrogen (secondary N) is 8. The lowest BCUT2D eigenvalue weighted by molar-refractivity contribution is -0.142. The monoisotopic (exact) mass is 561 g/mol. The first kappa shape index (κ1) is 34.1. The Bertz CT molecular complexity index is 942. The Labute approximate surface area is 220 Å². The predicted molar refractivity (Wildman–Crippen MR) is 127 cm³/mol. The zero-order valence-corrected chi connectivity index (χ0v) is 20.6. The number of aliphatic hydroxyl groups is 1. The molecule has 0 spiro atoms. The molecule has 0 saturated carbocycles. The fraction of sp³-hybridized carbons (Fsp3) is 0.526. The number of carboxylic acid groups (broad SMARTS) is 1. The zero-order chi connectivity index (χ0) is 29.8. The summed E-state index contributed by atoms with van der Waals surface area (Å²) >= 11 is 0. The van der Waals surface area contributed by atoms with Gasteiger partial charge in [0.1, 0.15) is 6.04 Å². The number of carbonyl (C=O) groups is 9. The smallest absolute Gasteiger partial charge is 0.328 e. The minimum absolute atomic E-state index is 0.302. The minimum atomic E-state index is -1.54. The molecule has 0 radical (unpaired) electrons. The quantitative estimate of drug-likeness (QED) is 0.0743. The maximum Gasteiger partial charge on any atom is 0.328 e. The number of aliphatic carboxylic acids is 1. The van der Waals surface area contributed by atoms with Gasteiger partial charge in [0.15, 0.2) is 0 Å². The van der Waals surface area contributed by atoms with E-state index < -0.39 is 105 Å². The molecule has 8 amide bonds. The van der Waals surface area contributed by atoms with Gasteiger partial charge in [-0.3, -0.25) is 38.4 Å². The summed E-state index contributed by atoms with van der Waals surface area (Å²) in [5.41, 5.74) is 5.05. The predicted octanol–water partition coefficient (Wildman–Crippen LogP) is -8.68. The fourth-order valence-corrected chi connectivity index (χ4v) is 2.13. The van der Waals surface area contributed by atoms with Crippen molar-refractivity contribution in [3.63, 3.8) is 0 Å². The molecule has 0 aliphatic rings. The summed E-state index contributed by atoms with van der Waals surface area (Å²) in [5, 5.41) is 34.6. The number of hydrogen-bond donors (Lipinski definition) is 11. The topological polar surface area (TPSA) is 316 Å². The summed E-state index contributed by atoms with van der Waals surface area (Å²) in [6.07, 6.45) is 0. The molecule has 12 N–H and O–H groups in total.